The van der Waals surface area contributed by atoms with Crippen LogP contribution in [0.5, 0.6) is 5.75 Å². The first-order valence-electron chi connectivity index (χ1n) is 11.2. The van der Waals surface area contributed by atoms with Crippen LogP contribution in [0.4, 0.5) is 5.13 Å². The number of hydroxylamine groups is 1. The number of halogens is 2. The number of carbonyl (C=O) groups excluding carboxylic acids is 3. The number of ether oxygens (including phenoxy) is 1. The summed E-state index contributed by atoms with van der Waals surface area (Å²) in [7, 11) is 0. The second kappa shape index (κ2) is 11.4. The largest absolute Gasteiger partial charge is 0.489 e. The van der Waals surface area contributed by atoms with Crippen LogP contribution in [0.2, 0.25) is 10.3 Å². The molecule has 1 fully saturated rings. The van der Waals surface area contributed by atoms with Crippen molar-refractivity contribution in [1.82, 2.24) is 20.3 Å². The highest BCUT2D eigenvalue weighted by Gasteiger charge is 2.51. The number of hydrogen-bond acceptors (Lipinski definition) is 8. The van der Waals surface area contributed by atoms with Gasteiger partial charge in [-0.25, -0.2) is 15.4 Å². The molecule has 0 aliphatic carbocycles. The first kappa shape index (κ1) is 26.8. The highest BCUT2D eigenvalue weighted by molar-refractivity contribution is 7.13. The highest BCUT2D eigenvalue weighted by atomic mass is 35.5. The molecule has 2 atom stereocenters. The Balaban J connectivity index is 1.56. The van der Waals surface area contributed by atoms with Gasteiger partial charge in [-0.1, -0.05) is 35.3 Å². The van der Waals surface area contributed by atoms with Gasteiger partial charge >= 0.3 is 0 Å². The zero-order valence-electron chi connectivity index (χ0n) is 19.6. The molecule has 3 aromatic rings. The Bertz CT molecular complexity index is 1270. The maximum Gasteiger partial charge on any atom is 0.265 e. The lowest BCUT2D eigenvalue weighted by Gasteiger charge is -2.30. The maximum atomic E-state index is 13.7. The van der Waals surface area contributed by atoms with E-state index in [-0.39, 0.29) is 41.7 Å². The van der Waals surface area contributed by atoms with Crippen molar-refractivity contribution < 1.29 is 24.3 Å². The van der Waals surface area contributed by atoms with Crippen molar-refractivity contribution in [3.8, 4) is 5.75 Å². The number of likely N-dealkylation sites (tertiary alicyclic amines) is 1. The minimum absolute atomic E-state index is 0.149. The van der Waals surface area contributed by atoms with Crippen molar-refractivity contribution in [2.45, 2.75) is 37.8 Å². The fourth-order valence-electron chi connectivity index (χ4n) is 4.29. The number of amides is 3. The third kappa shape index (κ3) is 6.02. The molecule has 1 saturated heterocycles. The van der Waals surface area contributed by atoms with E-state index in [4.69, 9.17) is 33.1 Å². The van der Waals surface area contributed by atoms with Crippen LogP contribution < -0.4 is 15.5 Å². The van der Waals surface area contributed by atoms with E-state index in [1.165, 1.54) is 23.2 Å². The summed E-state index contributed by atoms with van der Waals surface area (Å²) in [6.07, 6.45) is 1.72. The van der Waals surface area contributed by atoms with Gasteiger partial charge in [0, 0.05) is 24.5 Å². The summed E-state index contributed by atoms with van der Waals surface area (Å²) in [5, 5.41) is 14.4. The predicted molar refractivity (Wildman–Crippen MR) is 138 cm³/mol. The van der Waals surface area contributed by atoms with Crippen LogP contribution in [-0.4, -0.2) is 50.4 Å². The predicted octanol–water partition coefficient (Wildman–Crippen LogP) is 3.82. The molecule has 194 valence electrons. The zero-order valence-corrected chi connectivity index (χ0v) is 21.9. The van der Waals surface area contributed by atoms with Crippen molar-refractivity contribution in [2.24, 2.45) is 0 Å². The number of benzene rings is 1. The molecular weight excluding hydrogens is 541 g/mol. The average Bonchev–Trinajstić information content (AvgIpc) is 3.50. The number of rotatable bonds is 9. The molecule has 3 heterocycles. The minimum Gasteiger partial charge on any atom is -0.489 e. The average molecular weight is 564 g/mol. The van der Waals surface area contributed by atoms with E-state index in [0.717, 1.165) is 5.56 Å². The summed E-state index contributed by atoms with van der Waals surface area (Å²) in [6, 6.07) is 9.26. The number of thiazole rings is 1. The van der Waals surface area contributed by atoms with E-state index in [1.54, 1.807) is 53.5 Å². The van der Waals surface area contributed by atoms with Gasteiger partial charge in [0.05, 0.1) is 5.41 Å². The van der Waals surface area contributed by atoms with E-state index in [9.17, 15) is 14.4 Å². The fourth-order valence-corrected chi connectivity index (χ4v) is 5.34. The van der Waals surface area contributed by atoms with Crippen LogP contribution in [0, 0.1) is 0 Å². The van der Waals surface area contributed by atoms with Crippen molar-refractivity contribution in [1.29, 1.82) is 0 Å². The molecule has 4 rings (SSSR count). The first-order valence-corrected chi connectivity index (χ1v) is 12.8. The van der Waals surface area contributed by atoms with E-state index >= 15 is 0 Å². The Morgan fingerprint density at radius 3 is 2.57 bits per heavy atom. The van der Waals surface area contributed by atoms with Gasteiger partial charge < -0.3 is 15.0 Å². The fraction of sp³-hybridized carbons (Fsp3) is 0.292. The van der Waals surface area contributed by atoms with Gasteiger partial charge in [0.2, 0.25) is 11.8 Å². The van der Waals surface area contributed by atoms with Gasteiger partial charge in [0.25, 0.3) is 5.91 Å². The Morgan fingerprint density at radius 1 is 1.24 bits per heavy atom. The third-order valence-corrected chi connectivity index (χ3v) is 7.26. The number of nitrogens with zero attached hydrogens (tertiary/aromatic N) is 3. The topological polar surface area (TPSA) is 134 Å². The zero-order chi connectivity index (χ0) is 26.6. The maximum absolute atomic E-state index is 13.7. The van der Waals surface area contributed by atoms with Gasteiger partial charge in [0.1, 0.15) is 28.7 Å². The van der Waals surface area contributed by atoms with Gasteiger partial charge in [-0.05, 0) is 48.7 Å². The number of aromatic nitrogens is 2. The summed E-state index contributed by atoms with van der Waals surface area (Å²) in [5.41, 5.74) is 1.72. The molecule has 0 saturated carbocycles. The SMILES string of the molecule is C[C@H](C(=O)NO)N1CCC(CC(=O)Nc2nccs2)(c2ccc(OCc3cc(Cl)nc(Cl)c3)cc2)C1=O. The molecule has 10 nitrogen and oxygen atoms in total. The Hall–Kier alpha value is -3.25. The van der Waals surface area contributed by atoms with E-state index in [2.05, 4.69) is 15.3 Å². The van der Waals surface area contributed by atoms with Crippen molar-refractivity contribution in [3.05, 3.63) is 69.4 Å². The number of anilines is 1. The van der Waals surface area contributed by atoms with Crippen molar-refractivity contribution in [3.63, 3.8) is 0 Å². The number of pyridine rings is 1. The summed E-state index contributed by atoms with van der Waals surface area (Å²) >= 11 is 13.2. The quantitative estimate of drug-likeness (QED) is 0.204. The Morgan fingerprint density at radius 2 is 1.95 bits per heavy atom. The molecule has 0 radical (unpaired) electrons. The molecule has 2 aromatic heterocycles. The lowest BCUT2D eigenvalue weighted by molar-refractivity contribution is -0.144. The van der Waals surface area contributed by atoms with Crippen LogP contribution in [-0.2, 0) is 26.4 Å². The van der Waals surface area contributed by atoms with Gasteiger partial charge in [-0.3, -0.25) is 19.6 Å². The number of nitrogens with one attached hydrogen (secondary N) is 2. The van der Waals surface area contributed by atoms with E-state index in [1.807, 2.05) is 0 Å². The summed E-state index contributed by atoms with van der Waals surface area (Å²) in [4.78, 5) is 48.0. The Kier molecular flexibility index (Phi) is 8.28. The van der Waals surface area contributed by atoms with Crippen LogP contribution >= 0.6 is 34.5 Å². The van der Waals surface area contributed by atoms with Crippen LogP contribution in [0.25, 0.3) is 0 Å². The molecule has 3 amide bonds. The molecule has 37 heavy (non-hydrogen) atoms. The first-order chi connectivity index (χ1) is 17.7. The molecule has 13 heteroatoms. The molecule has 0 bridgehead atoms. The summed E-state index contributed by atoms with van der Waals surface area (Å²) in [5.74, 6) is -0.939. The third-order valence-electron chi connectivity index (χ3n) is 6.18. The molecule has 1 aliphatic rings. The smallest absolute Gasteiger partial charge is 0.265 e. The molecule has 3 N–H and O–H groups in total. The molecule has 1 unspecified atom stereocenters. The van der Waals surface area contributed by atoms with E-state index < -0.39 is 17.4 Å². The minimum atomic E-state index is -1.21. The van der Waals surface area contributed by atoms with Crippen LogP contribution in [0.15, 0.2) is 48.0 Å². The van der Waals surface area contributed by atoms with Crippen molar-refractivity contribution >= 4 is 57.4 Å². The number of carbonyl (C=O) groups is 3. The van der Waals surface area contributed by atoms with Crippen LogP contribution in [0.3, 0.4) is 0 Å². The molecule has 1 aromatic carbocycles. The second-order valence-corrected chi connectivity index (χ2v) is 10.1. The van der Waals surface area contributed by atoms with Gasteiger partial charge in [-0.2, -0.15) is 0 Å². The van der Waals surface area contributed by atoms with Crippen LogP contribution in [0.1, 0.15) is 30.9 Å². The highest BCUT2D eigenvalue weighted by Crippen LogP contribution is 2.41. The summed E-state index contributed by atoms with van der Waals surface area (Å²) < 4.78 is 5.83. The lowest BCUT2D eigenvalue weighted by atomic mass is 9.76. The Labute approximate surface area is 226 Å². The van der Waals surface area contributed by atoms with Gasteiger partial charge in [-0.15, -0.1) is 11.3 Å². The molecule has 1 aliphatic heterocycles. The van der Waals surface area contributed by atoms with Crippen molar-refractivity contribution in [2.75, 3.05) is 11.9 Å². The van der Waals surface area contributed by atoms with E-state index in [0.29, 0.717) is 22.9 Å². The number of hydrogen-bond donors (Lipinski definition) is 3. The summed E-state index contributed by atoms with van der Waals surface area (Å²) in [6.45, 7) is 1.95. The molecule has 0 spiro atoms. The molecular formula is C24H23Cl2N5O5S. The standard InChI is InChI=1S/C24H23Cl2N5O5S/c1-14(21(33)30-35)31-8-6-24(22(31)34,12-20(32)29-23-27-7-9-37-23)16-2-4-17(5-3-16)36-13-15-10-18(25)28-19(26)11-15/h2-5,7,9-11,14,35H,6,8,12-13H2,1H3,(H,30,33)(H,27,29,32)/t14-,24?/m1/s1. The second-order valence-electron chi connectivity index (χ2n) is 8.48. The normalized spacial score (nSPS) is 17.9. The van der Waals surface area contributed by atoms with Gasteiger partial charge in [0.15, 0.2) is 5.13 Å². The monoisotopic (exact) mass is 563 g/mol. The lowest BCUT2D eigenvalue weighted by Crippen LogP contribution is -2.48.